The fourth-order valence-electron chi connectivity index (χ4n) is 2.73. The van der Waals surface area contributed by atoms with Gasteiger partial charge < -0.3 is 10.1 Å². The number of hydrogen-bond acceptors (Lipinski definition) is 7. The molecule has 0 spiro atoms. The maximum Gasteiger partial charge on any atom is 0.573 e. The largest absolute Gasteiger partial charge is 0.573 e. The summed E-state index contributed by atoms with van der Waals surface area (Å²) in [7, 11) is 0. The van der Waals surface area contributed by atoms with E-state index < -0.39 is 23.9 Å². The van der Waals surface area contributed by atoms with E-state index in [2.05, 4.69) is 25.3 Å². The minimum atomic E-state index is -4.81. The van der Waals surface area contributed by atoms with Gasteiger partial charge in [0.15, 0.2) is 5.13 Å². The second kappa shape index (κ2) is 7.37. The third-order valence-corrected chi connectivity index (χ3v) is 5.09. The fraction of sp³-hybridized carbons (Fsp3) is 0.167. The van der Waals surface area contributed by atoms with Crippen LogP contribution in [-0.2, 0) is 4.79 Å². The summed E-state index contributed by atoms with van der Waals surface area (Å²) < 4.78 is 42.3. The molecule has 0 saturated heterocycles. The number of alkyl halides is 3. The number of fused-ring (bicyclic) bond motifs is 2. The number of benzene rings is 2. The Kier molecular flexibility index (Phi) is 4.86. The van der Waals surface area contributed by atoms with E-state index in [1.807, 2.05) is 0 Å². The Morgan fingerprint density at radius 2 is 1.97 bits per heavy atom. The normalized spacial score (nSPS) is 12.8. The highest BCUT2D eigenvalue weighted by molar-refractivity contribution is 7.22. The number of carbonyl (C=O) groups excluding carboxylic acids is 1. The number of hydrogen-bond donors (Lipinski definition) is 1. The minimum absolute atomic E-state index is 0.160. The van der Waals surface area contributed by atoms with Crippen LogP contribution in [0, 0.1) is 0 Å². The van der Waals surface area contributed by atoms with Crippen molar-refractivity contribution in [2.75, 3.05) is 5.32 Å². The summed E-state index contributed by atoms with van der Waals surface area (Å²) in [5.74, 6) is -0.963. The van der Waals surface area contributed by atoms with E-state index in [0.29, 0.717) is 21.1 Å². The lowest BCUT2D eigenvalue weighted by Gasteiger charge is -2.12. The number of amides is 1. The predicted molar refractivity (Wildman–Crippen MR) is 103 cm³/mol. The number of nitrogens with one attached hydrogen (secondary N) is 1. The molecular weight excluding hydrogens is 423 g/mol. The molecule has 0 bridgehead atoms. The van der Waals surface area contributed by atoms with Crippen LogP contribution in [0.4, 0.5) is 18.3 Å². The van der Waals surface area contributed by atoms with Crippen molar-refractivity contribution in [1.82, 2.24) is 20.0 Å². The molecule has 0 aliphatic heterocycles. The number of anilines is 1. The van der Waals surface area contributed by atoms with Gasteiger partial charge in [-0.3, -0.25) is 9.59 Å². The molecule has 0 unspecified atom stereocenters. The highest BCUT2D eigenvalue weighted by Gasteiger charge is 2.31. The molecule has 8 nitrogen and oxygen atoms in total. The van der Waals surface area contributed by atoms with Crippen molar-refractivity contribution in [1.29, 1.82) is 0 Å². The van der Waals surface area contributed by atoms with E-state index in [0.717, 1.165) is 22.1 Å². The molecule has 2 aromatic carbocycles. The summed E-state index contributed by atoms with van der Waals surface area (Å²) in [6.45, 7) is 1.47. The van der Waals surface area contributed by atoms with E-state index in [-0.39, 0.29) is 10.9 Å². The maximum absolute atomic E-state index is 12.6. The van der Waals surface area contributed by atoms with Gasteiger partial charge in [-0.1, -0.05) is 28.7 Å². The first-order chi connectivity index (χ1) is 14.2. The number of ether oxygens (including phenoxy) is 1. The molecule has 1 atom stereocenters. The molecular formula is C18H12F3N5O3S. The zero-order valence-electron chi connectivity index (χ0n) is 15.2. The molecule has 4 aromatic rings. The van der Waals surface area contributed by atoms with Gasteiger partial charge in [0.2, 0.25) is 0 Å². The molecule has 30 heavy (non-hydrogen) atoms. The Labute approximate surface area is 169 Å². The maximum atomic E-state index is 12.6. The second-order valence-electron chi connectivity index (χ2n) is 6.22. The second-order valence-corrected chi connectivity index (χ2v) is 7.25. The summed E-state index contributed by atoms with van der Waals surface area (Å²) in [6.07, 6.45) is -4.81. The summed E-state index contributed by atoms with van der Waals surface area (Å²) in [5.41, 5.74) is 0.330. The third-order valence-electron chi connectivity index (χ3n) is 4.16. The van der Waals surface area contributed by atoms with Gasteiger partial charge in [0.05, 0.1) is 15.6 Å². The van der Waals surface area contributed by atoms with Crippen LogP contribution in [0.1, 0.15) is 13.0 Å². The lowest BCUT2D eigenvalue weighted by atomic mass is 10.2. The van der Waals surface area contributed by atoms with E-state index in [9.17, 15) is 22.8 Å². The summed E-state index contributed by atoms with van der Waals surface area (Å²) in [4.78, 5) is 29.3. The van der Waals surface area contributed by atoms with Gasteiger partial charge in [-0.05, 0) is 31.2 Å². The SMILES string of the molecule is C[C@@H](C(=O)Nc1nc2ccc(OC(F)(F)F)cc2s1)n1nnc2ccccc2c1=O. The van der Waals surface area contributed by atoms with Crippen LogP contribution in [-0.4, -0.2) is 32.2 Å². The molecule has 4 rings (SSSR count). The van der Waals surface area contributed by atoms with E-state index in [4.69, 9.17) is 0 Å². The number of nitrogens with zero attached hydrogens (tertiary/aromatic N) is 4. The number of carbonyl (C=O) groups is 1. The average Bonchev–Trinajstić information content (AvgIpc) is 3.08. The van der Waals surface area contributed by atoms with Crippen molar-refractivity contribution < 1.29 is 22.7 Å². The zero-order chi connectivity index (χ0) is 21.5. The smallest absolute Gasteiger partial charge is 0.406 e. The Balaban J connectivity index is 1.57. The monoisotopic (exact) mass is 435 g/mol. The number of aromatic nitrogens is 4. The molecule has 154 valence electrons. The minimum Gasteiger partial charge on any atom is -0.406 e. The fourth-order valence-corrected chi connectivity index (χ4v) is 3.63. The topological polar surface area (TPSA) is 99.0 Å². The van der Waals surface area contributed by atoms with Crippen LogP contribution in [0.3, 0.4) is 0 Å². The van der Waals surface area contributed by atoms with Crippen LogP contribution in [0.25, 0.3) is 21.1 Å². The zero-order valence-corrected chi connectivity index (χ0v) is 16.0. The summed E-state index contributed by atoms with van der Waals surface area (Å²) in [6, 6.07) is 9.29. The standard InChI is InChI=1S/C18H12F3N5O3S/c1-9(26-16(28)11-4-2-3-5-12(11)24-25-26)15(27)23-17-22-13-7-6-10(8-14(13)30-17)29-18(19,20)21/h2-9H,1H3,(H,22,23,27)/t9-/m0/s1. The number of rotatable bonds is 4. The summed E-state index contributed by atoms with van der Waals surface area (Å²) in [5, 5.41) is 10.8. The lowest BCUT2D eigenvalue weighted by molar-refractivity contribution is -0.274. The predicted octanol–water partition coefficient (Wildman–Crippen LogP) is 3.50. The molecule has 0 radical (unpaired) electrons. The van der Waals surface area contributed by atoms with Gasteiger partial charge in [0.25, 0.3) is 11.5 Å². The Morgan fingerprint density at radius 3 is 2.73 bits per heavy atom. The number of halogens is 3. The van der Waals surface area contributed by atoms with Crippen molar-refractivity contribution >= 4 is 43.5 Å². The molecule has 0 aliphatic carbocycles. The molecule has 0 fully saturated rings. The van der Waals surface area contributed by atoms with Gasteiger partial charge >= 0.3 is 6.36 Å². The van der Waals surface area contributed by atoms with Crippen molar-refractivity contribution in [3.05, 3.63) is 52.8 Å². The summed E-state index contributed by atoms with van der Waals surface area (Å²) >= 11 is 0.971. The van der Waals surface area contributed by atoms with E-state index in [1.54, 1.807) is 24.3 Å². The van der Waals surface area contributed by atoms with E-state index in [1.165, 1.54) is 19.1 Å². The lowest BCUT2D eigenvalue weighted by Crippen LogP contribution is -2.34. The van der Waals surface area contributed by atoms with Crippen LogP contribution in [0.2, 0.25) is 0 Å². The van der Waals surface area contributed by atoms with Crippen molar-refractivity contribution in [3.8, 4) is 5.75 Å². The third kappa shape index (κ3) is 3.94. The first-order valence-electron chi connectivity index (χ1n) is 8.53. The molecule has 1 N–H and O–H groups in total. The molecule has 12 heteroatoms. The van der Waals surface area contributed by atoms with Gasteiger partial charge in [-0.15, -0.1) is 18.3 Å². The Hall–Kier alpha value is -3.54. The Bertz CT molecular complexity index is 1320. The van der Waals surface area contributed by atoms with Gasteiger partial charge in [0.1, 0.15) is 17.3 Å². The molecule has 0 aliphatic rings. The van der Waals surface area contributed by atoms with Crippen molar-refractivity contribution in [3.63, 3.8) is 0 Å². The van der Waals surface area contributed by atoms with E-state index >= 15 is 0 Å². The van der Waals surface area contributed by atoms with Crippen LogP contribution < -0.4 is 15.6 Å². The van der Waals surface area contributed by atoms with Gasteiger partial charge in [-0.2, -0.15) is 4.68 Å². The van der Waals surface area contributed by atoms with Crippen molar-refractivity contribution in [2.24, 2.45) is 0 Å². The molecule has 1 amide bonds. The highest BCUT2D eigenvalue weighted by atomic mass is 32.1. The molecule has 2 heterocycles. The first kappa shape index (κ1) is 19.8. The van der Waals surface area contributed by atoms with Gasteiger partial charge in [-0.25, -0.2) is 4.98 Å². The van der Waals surface area contributed by atoms with Crippen LogP contribution in [0.5, 0.6) is 5.75 Å². The average molecular weight is 435 g/mol. The highest BCUT2D eigenvalue weighted by Crippen LogP contribution is 2.31. The van der Waals surface area contributed by atoms with Crippen LogP contribution in [0.15, 0.2) is 47.3 Å². The van der Waals surface area contributed by atoms with Gasteiger partial charge in [0, 0.05) is 6.07 Å². The Morgan fingerprint density at radius 1 is 1.20 bits per heavy atom. The number of thiazole rings is 1. The quantitative estimate of drug-likeness (QED) is 0.527. The molecule has 2 aromatic heterocycles. The van der Waals surface area contributed by atoms with Crippen LogP contribution >= 0.6 is 11.3 Å². The first-order valence-corrected chi connectivity index (χ1v) is 9.34. The molecule has 0 saturated carbocycles. The van der Waals surface area contributed by atoms with Crippen molar-refractivity contribution in [2.45, 2.75) is 19.3 Å².